The highest BCUT2D eigenvalue weighted by molar-refractivity contribution is 5.94. The summed E-state index contributed by atoms with van der Waals surface area (Å²) < 4.78 is 10.1. The van der Waals surface area contributed by atoms with Crippen molar-refractivity contribution in [2.75, 3.05) is 39.9 Å². The predicted octanol–water partition coefficient (Wildman–Crippen LogP) is 3.24. The second-order valence-corrected chi connectivity index (χ2v) is 7.56. The highest BCUT2D eigenvalue weighted by atomic mass is 16.5. The lowest BCUT2D eigenvalue weighted by molar-refractivity contribution is -0.132. The van der Waals surface area contributed by atoms with Gasteiger partial charge in [-0.2, -0.15) is 0 Å². The molecule has 29 heavy (non-hydrogen) atoms. The summed E-state index contributed by atoms with van der Waals surface area (Å²) in [6.07, 6.45) is 6.38. The fraction of sp³-hybridized carbons (Fsp3) is 0.478. The monoisotopic (exact) mass is 398 g/mol. The molecule has 1 aromatic carbocycles. The minimum absolute atomic E-state index is 0.116. The molecule has 0 N–H and O–H groups in total. The number of rotatable bonds is 9. The molecular weight excluding hydrogens is 368 g/mol. The van der Waals surface area contributed by atoms with Gasteiger partial charge in [0.1, 0.15) is 6.26 Å². The molecule has 6 nitrogen and oxygen atoms in total. The summed E-state index contributed by atoms with van der Waals surface area (Å²) in [6.45, 7) is 2.86. The van der Waals surface area contributed by atoms with Gasteiger partial charge in [-0.25, -0.2) is 0 Å². The lowest BCUT2D eigenvalue weighted by atomic mass is 9.90. The normalized spacial score (nSPS) is 14.7. The van der Waals surface area contributed by atoms with Crippen molar-refractivity contribution in [3.63, 3.8) is 0 Å². The van der Waals surface area contributed by atoms with Crippen molar-refractivity contribution in [3.05, 3.63) is 60.1 Å². The zero-order valence-corrected chi connectivity index (χ0v) is 17.1. The SMILES string of the molecule is COCCN(CCC(=O)N1CCC(Cc2ccccc2)CC1)C(=O)c1ccoc1. The largest absolute Gasteiger partial charge is 0.472 e. The summed E-state index contributed by atoms with van der Waals surface area (Å²) in [5, 5.41) is 0. The molecule has 0 atom stereocenters. The van der Waals surface area contributed by atoms with Gasteiger partial charge in [-0.15, -0.1) is 0 Å². The number of piperidine rings is 1. The highest BCUT2D eigenvalue weighted by Crippen LogP contribution is 2.22. The van der Waals surface area contributed by atoms with Crippen LogP contribution in [0.4, 0.5) is 0 Å². The third-order valence-electron chi connectivity index (χ3n) is 5.55. The minimum atomic E-state index is -0.134. The molecular formula is C23H30N2O4. The maximum Gasteiger partial charge on any atom is 0.257 e. The Kier molecular flexibility index (Phi) is 7.87. The first-order chi connectivity index (χ1) is 14.2. The van der Waals surface area contributed by atoms with Crippen molar-refractivity contribution < 1.29 is 18.7 Å². The number of carbonyl (C=O) groups excluding carboxylic acids is 2. The van der Waals surface area contributed by atoms with Crippen molar-refractivity contribution in [1.29, 1.82) is 0 Å². The van der Waals surface area contributed by atoms with Crippen LogP contribution in [0.5, 0.6) is 0 Å². The molecule has 0 radical (unpaired) electrons. The van der Waals surface area contributed by atoms with Crippen molar-refractivity contribution in [2.45, 2.75) is 25.7 Å². The number of methoxy groups -OCH3 is 1. The molecule has 6 heteroatoms. The number of ether oxygens (including phenoxy) is 1. The first-order valence-electron chi connectivity index (χ1n) is 10.3. The molecule has 0 saturated carbocycles. The van der Waals surface area contributed by atoms with Gasteiger partial charge >= 0.3 is 0 Å². The molecule has 0 aliphatic carbocycles. The van der Waals surface area contributed by atoms with Crippen LogP contribution in [0.2, 0.25) is 0 Å². The molecule has 1 aliphatic rings. The highest BCUT2D eigenvalue weighted by Gasteiger charge is 2.24. The molecule has 2 amide bonds. The topological polar surface area (TPSA) is 63.0 Å². The van der Waals surface area contributed by atoms with Gasteiger partial charge in [-0.1, -0.05) is 30.3 Å². The van der Waals surface area contributed by atoms with Crippen molar-refractivity contribution in [2.24, 2.45) is 5.92 Å². The molecule has 2 aromatic rings. The third kappa shape index (κ3) is 6.19. The maximum atomic E-state index is 12.7. The van der Waals surface area contributed by atoms with Crippen molar-refractivity contribution in [3.8, 4) is 0 Å². The maximum absolute atomic E-state index is 12.7. The standard InChI is InChI=1S/C23H30N2O4/c1-28-16-14-25(23(27)21-10-15-29-18-21)13-9-22(26)24-11-7-20(8-12-24)17-19-5-3-2-4-6-19/h2-6,10,15,18,20H,7-9,11-14,16-17H2,1H3. The summed E-state index contributed by atoms with van der Waals surface area (Å²) in [6, 6.07) is 12.2. The second kappa shape index (κ2) is 10.8. The molecule has 156 valence electrons. The second-order valence-electron chi connectivity index (χ2n) is 7.56. The molecule has 1 aliphatic heterocycles. The number of furan rings is 1. The van der Waals surface area contributed by atoms with Crippen LogP contribution in [-0.2, 0) is 16.0 Å². The number of nitrogens with zero attached hydrogens (tertiary/aromatic N) is 2. The minimum Gasteiger partial charge on any atom is -0.472 e. The van der Waals surface area contributed by atoms with Crippen LogP contribution in [0.3, 0.4) is 0 Å². The predicted molar refractivity (Wildman–Crippen MR) is 111 cm³/mol. The fourth-order valence-electron chi connectivity index (χ4n) is 3.81. The smallest absolute Gasteiger partial charge is 0.257 e. The van der Waals surface area contributed by atoms with Gasteiger partial charge in [0, 0.05) is 39.7 Å². The van der Waals surface area contributed by atoms with Gasteiger partial charge < -0.3 is 19.0 Å². The molecule has 1 saturated heterocycles. The number of carbonyl (C=O) groups is 2. The first kappa shape index (κ1) is 21.1. The summed E-state index contributed by atoms with van der Waals surface area (Å²) in [7, 11) is 1.60. The van der Waals surface area contributed by atoms with Crippen LogP contribution in [0.25, 0.3) is 0 Å². The van der Waals surface area contributed by atoms with Gasteiger partial charge in [0.05, 0.1) is 18.4 Å². The summed E-state index contributed by atoms with van der Waals surface area (Å²) in [4.78, 5) is 28.9. The lowest BCUT2D eigenvalue weighted by Gasteiger charge is -2.33. The van der Waals surface area contributed by atoms with Crippen LogP contribution in [0.15, 0.2) is 53.3 Å². The van der Waals surface area contributed by atoms with E-state index in [1.807, 2.05) is 11.0 Å². The molecule has 1 fully saturated rings. The first-order valence-corrected chi connectivity index (χ1v) is 10.3. The van der Waals surface area contributed by atoms with E-state index < -0.39 is 0 Å². The van der Waals surface area contributed by atoms with Gasteiger partial charge in [-0.3, -0.25) is 9.59 Å². The lowest BCUT2D eigenvalue weighted by Crippen LogP contribution is -2.41. The Labute approximate surface area is 172 Å². The van der Waals surface area contributed by atoms with E-state index in [0.717, 1.165) is 32.4 Å². The molecule has 0 spiro atoms. The van der Waals surface area contributed by atoms with Gasteiger partial charge in [0.25, 0.3) is 5.91 Å². The summed E-state index contributed by atoms with van der Waals surface area (Å²) in [5.41, 5.74) is 1.86. The van der Waals surface area contributed by atoms with E-state index in [1.165, 1.54) is 18.1 Å². The average molecular weight is 399 g/mol. The van der Waals surface area contributed by atoms with Crippen molar-refractivity contribution in [1.82, 2.24) is 9.80 Å². The number of amides is 2. The van der Waals surface area contributed by atoms with Crippen LogP contribution < -0.4 is 0 Å². The Bertz CT molecular complexity index is 752. The number of benzene rings is 1. The van der Waals surface area contributed by atoms with Crippen LogP contribution in [0, 0.1) is 5.92 Å². The van der Waals surface area contributed by atoms with E-state index in [0.29, 0.717) is 37.6 Å². The van der Waals surface area contributed by atoms with E-state index in [1.54, 1.807) is 18.1 Å². The van der Waals surface area contributed by atoms with Crippen LogP contribution in [0.1, 0.15) is 35.2 Å². The number of hydrogen-bond acceptors (Lipinski definition) is 4. The Balaban J connectivity index is 1.46. The number of likely N-dealkylation sites (tertiary alicyclic amines) is 1. The quantitative estimate of drug-likeness (QED) is 0.651. The van der Waals surface area contributed by atoms with Crippen molar-refractivity contribution >= 4 is 11.8 Å². The number of hydrogen-bond donors (Lipinski definition) is 0. The zero-order valence-electron chi connectivity index (χ0n) is 17.1. The fourth-order valence-corrected chi connectivity index (χ4v) is 3.81. The average Bonchev–Trinajstić information content (AvgIpc) is 3.29. The Hall–Kier alpha value is -2.60. The Morgan fingerprint density at radius 2 is 1.90 bits per heavy atom. The van der Waals surface area contributed by atoms with E-state index in [9.17, 15) is 9.59 Å². The van der Waals surface area contributed by atoms with E-state index in [-0.39, 0.29) is 11.8 Å². The Morgan fingerprint density at radius 3 is 2.55 bits per heavy atom. The summed E-state index contributed by atoms with van der Waals surface area (Å²) in [5.74, 6) is 0.609. The Morgan fingerprint density at radius 1 is 1.14 bits per heavy atom. The summed E-state index contributed by atoms with van der Waals surface area (Å²) >= 11 is 0. The molecule has 3 rings (SSSR count). The molecule has 1 aromatic heterocycles. The molecule has 0 unspecified atom stereocenters. The van der Waals surface area contributed by atoms with Crippen LogP contribution in [-0.4, -0.2) is 61.5 Å². The zero-order chi connectivity index (χ0) is 20.5. The van der Waals surface area contributed by atoms with Crippen LogP contribution >= 0.6 is 0 Å². The van der Waals surface area contributed by atoms with E-state index in [2.05, 4.69) is 24.3 Å². The van der Waals surface area contributed by atoms with E-state index >= 15 is 0 Å². The molecule has 0 bridgehead atoms. The van der Waals surface area contributed by atoms with Gasteiger partial charge in [0.15, 0.2) is 0 Å². The molecule has 2 heterocycles. The third-order valence-corrected chi connectivity index (χ3v) is 5.55. The van der Waals surface area contributed by atoms with Gasteiger partial charge in [-0.05, 0) is 36.8 Å². The van der Waals surface area contributed by atoms with Gasteiger partial charge in [0.2, 0.25) is 5.91 Å². The van der Waals surface area contributed by atoms with E-state index in [4.69, 9.17) is 9.15 Å².